The average molecular weight is 178 g/mol. The van der Waals surface area contributed by atoms with Crippen molar-refractivity contribution in [3.63, 3.8) is 0 Å². The second-order valence-electron chi connectivity index (χ2n) is 3.86. The van der Waals surface area contributed by atoms with Gasteiger partial charge < -0.3 is 4.42 Å². The van der Waals surface area contributed by atoms with Gasteiger partial charge in [-0.25, -0.2) is 0 Å². The Bertz CT molecular complexity index is 287. The molecule has 0 amide bonds. The molecule has 1 aromatic rings. The summed E-state index contributed by atoms with van der Waals surface area (Å²) in [5, 5.41) is 0. The Morgan fingerprint density at radius 1 is 1.54 bits per heavy atom. The average Bonchev–Trinajstić information content (AvgIpc) is 2.72. The lowest BCUT2D eigenvalue weighted by atomic mass is 9.92. The number of ketones is 1. The minimum absolute atomic E-state index is 0.190. The molecule has 2 rings (SSSR count). The van der Waals surface area contributed by atoms with Gasteiger partial charge in [0, 0.05) is 5.92 Å². The minimum atomic E-state index is 0.190. The maximum absolute atomic E-state index is 11.8. The number of hydrogen-bond acceptors (Lipinski definition) is 2. The molecule has 1 heterocycles. The van der Waals surface area contributed by atoms with Crippen molar-refractivity contribution >= 4 is 5.78 Å². The molecule has 1 saturated carbocycles. The first-order valence-electron chi connectivity index (χ1n) is 4.87. The molecule has 0 N–H and O–H groups in total. The summed E-state index contributed by atoms with van der Waals surface area (Å²) in [4.78, 5) is 11.8. The number of carbonyl (C=O) groups is 1. The zero-order valence-electron chi connectivity index (χ0n) is 7.82. The maximum atomic E-state index is 11.8. The number of hydrogen-bond donors (Lipinski definition) is 0. The Morgan fingerprint density at radius 2 is 2.38 bits per heavy atom. The summed E-state index contributed by atoms with van der Waals surface area (Å²) >= 11 is 0. The predicted octanol–water partition coefficient (Wildman–Crippen LogP) is 2.90. The molecule has 70 valence electrons. The molecule has 0 saturated heterocycles. The van der Waals surface area contributed by atoms with Gasteiger partial charge in [-0.1, -0.05) is 13.3 Å². The second-order valence-corrected chi connectivity index (χ2v) is 3.86. The van der Waals surface area contributed by atoms with E-state index in [1.54, 1.807) is 18.4 Å². The molecule has 0 bridgehead atoms. The highest BCUT2D eigenvalue weighted by Crippen LogP contribution is 2.33. The van der Waals surface area contributed by atoms with Crippen LogP contribution in [0.2, 0.25) is 0 Å². The van der Waals surface area contributed by atoms with Crippen LogP contribution < -0.4 is 0 Å². The largest absolute Gasteiger partial charge is 0.461 e. The van der Waals surface area contributed by atoms with E-state index in [2.05, 4.69) is 6.92 Å². The van der Waals surface area contributed by atoms with Crippen LogP contribution in [0.1, 0.15) is 36.7 Å². The molecule has 1 fully saturated rings. The van der Waals surface area contributed by atoms with Crippen molar-refractivity contribution in [1.82, 2.24) is 0 Å². The Kier molecular flexibility index (Phi) is 2.21. The van der Waals surface area contributed by atoms with E-state index in [1.165, 1.54) is 12.8 Å². The van der Waals surface area contributed by atoms with Gasteiger partial charge in [-0.2, -0.15) is 0 Å². The van der Waals surface area contributed by atoms with Gasteiger partial charge in [0.25, 0.3) is 0 Å². The van der Waals surface area contributed by atoms with Crippen LogP contribution in [-0.2, 0) is 0 Å². The van der Waals surface area contributed by atoms with Gasteiger partial charge >= 0.3 is 0 Å². The van der Waals surface area contributed by atoms with Gasteiger partial charge in [-0.3, -0.25) is 4.79 Å². The van der Waals surface area contributed by atoms with Gasteiger partial charge in [0.1, 0.15) is 0 Å². The van der Waals surface area contributed by atoms with Crippen molar-refractivity contribution in [3.8, 4) is 0 Å². The molecule has 13 heavy (non-hydrogen) atoms. The zero-order valence-corrected chi connectivity index (χ0v) is 7.82. The van der Waals surface area contributed by atoms with E-state index in [1.807, 2.05) is 0 Å². The van der Waals surface area contributed by atoms with Crippen molar-refractivity contribution in [2.45, 2.75) is 26.2 Å². The van der Waals surface area contributed by atoms with Crippen LogP contribution in [0.3, 0.4) is 0 Å². The highest BCUT2D eigenvalue weighted by molar-refractivity contribution is 5.95. The third kappa shape index (κ3) is 1.53. The van der Waals surface area contributed by atoms with Crippen molar-refractivity contribution < 1.29 is 9.21 Å². The topological polar surface area (TPSA) is 30.2 Å². The van der Waals surface area contributed by atoms with Crippen LogP contribution in [0.5, 0.6) is 0 Å². The van der Waals surface area contributed by atoms with Crippen molar-refractivity contribution in [2.75, 3.05) is 0 Å². The molecule has 0 aliphatic heterocycles. The minimum Gasteiger partial charge on any atom is -0.461 e. The van der Waals surface area contributed by atoms with E-state index in [-0.39, 0.29) is 11.7 Å². The van der Waals surface area contributed by atoms with Crippen LogP contribution in [0.25, 0.3) is 0 Å². The summed E-state index contributed by atoms with van der Waals surface area (Å²) in [5.74, 6) is 1.44. The molecule has 1 aromatic heterocycles. The smallest absolute Gasteiger partial charge is 0.201 e. The summed E-state index contributed by atoms with van der Waals surface area (Å²) in [5.41, 5.74) is 0. The molecule has 2 atom stereocenters. The summed E-state index contributed by atoms with van der Waals surface area (Å²) < 4.78 is 5.11. The van der Waals surface area contributed by atoms with Gasteiger partial charge in [-0.05, 0) is 30.9 Å². The molecule has 1 aliphatic carbocycles. The van der Waals surface area contributed by atoms with Gasteiger partial charge in [0.15, 0.2) is 5.76 Å². The van der Waals surface area contributed by atoms with E-state index in [0.717, 1.165) is 6.42 Å². The molecule has 0 radical (unpaired) electrons. The summed E-state index contributed by atoms with van der Waals surface area (Å²) in [7, 11) is 0. The highest BCUT2D eigenvalue weighted by Gasteiger charge is 2.31. The van der Waals surface area contributed by atoms with E-state index >= 15 is 0 Å². The van der Waals surface area contributed by atoms with Crippen LogP contribution in [0.4, 0.5) is 0 Å². The van der Waals surface area contributed by atoms with Gasteiger partial charge in [0.2, 0.25) is 5.78 Å². The van der Waals surface area contributed by atoms with E-state index in [0.29, 0.717) is 11.7 Å². The van der Waals surface area contributed by atoms with Crippen LogP contribution in [-0.4, -0.2) is 5.78 Å². The molecule has 0 aromatic carbocycles. The predicted molar refractivity (Wildman–Crippen MR) is 49.5 cm³/mol. The Hall–Kier alpha value is -1.05. The monoisotopic (exact) mass is 178 g/mol. The van der Waals surface area contributed by atoms with Gasteiger partial charge in [0.05, 0.1) is 6.26 Å². The standard InChI is InChI=1S/C11H14O2/c1-8-4-2-5-9(8)11(12)10-6-3-7-13-10/h3,6-9H,2,4-5H2,1H3. The molecule has 2 heteroatoms. The normalized spacial score (nSPS) is 27.8. The zero-order chi connectivity index (χ0) is 9.26. The Labute approximate surface area is 77.9 Å². The Balaban J connectivity index is 2.13. The highest BCUT2D eigenvalue weighted by atomic mass is 16.3. The molecule has 2 unspecified atom stereocenters. The van der Waals surface area contributed by atoms with Gasteiger partial charge in [-0.15, -0.1) is 0 Å². The fraction of sp³-hybridized carbons (Fsp3) is 0.545. The third-order valence-electron chi connectivity index (χ3n) is 2.96. The van der Waals surface area contributed by atoms with Crippen molar-refractivity contribution in [2.24, 2.45) is 11.8 Å². The first kappa shape index (κ1) is 8.54. The first-order valence-corrected chi connectivity index (χ1v) is 4.87. The fourth-order valence-corrected chi connectivity index (χ4v) is 2.14. The second kappa shape index (κ2) is 3.36. The summed E-state index contributed by atoms with van der Waals surface area (Å²) in [6.07, 6.45) is 4.95. The Morgan fingerprint density at radius 3 is 2.92 bits per heavy atom. The summed E-state index contributed by atoms with van der Waals surface area (Å²) in [6, 6.07) is 3.53. The lowest BCUT2D eigenvalue weighted by Crippen LogP contribution is -2.16. The first-order chi connectivity index (χ1) is 6.29. The molecule has 2 nitrogen and oxygen atoms in total. The van der Waals surface area contributed by atoms with Crippen LogP contribution >= 0.6 is 0 Å². The lowest BCUT2D eigenvalue weighted by molar-refractivity contribution is 0.0868. The molecular weight excluding hydrogens is 164 g/mol. The number of furan rings is 1. The fourth-order valence-electron chi connectivity index (χ4n) is 2.14. The van der Waals surface area contributed by atoms with E-state index in [9.17, 15) is 4.79 Å². The molecular formula is C11H14O2. The third-order valence-corrected chi connectivity index (χ3v) is 2.96. The van der Waals surface area contributed by atoms with E-state index in [4.69, 9.17) is 4.42 Å². The number of Topliss-reactive ketones (excluding diaryl/α,β-unsaturated/α-hetero) is 1. The van der Waals surface area contributed by atoms with E-state index < -0.39 is 0 Å². The number of rotatable bonds is 2. The SMILES string of the molecule is CC1CCCC1C(=O)c1ccco1. The van der Waals surface area contributed by atoms with Crippen molar-refractivity contribution in [1.29, 1.82) is 0 Å². The molecule has 1 aliphatic rings. The lowest BCUT2D eigenvalue weighted by Gasteiger charge is -2.11. The molecule has 0 spiro atoms. The van der Waals surface area contributed by atoms with Crippen LogP contribution in [0, 0.1) is 11.8 Å². The number of carbonyl (C=O) groups excluding carboxylic acids is 1. The maximum Gasteiger partial charge on any atom is 0.201 e. The quantitative estimate of drug-likeness (QED) is 0.652. The van der Waals surface area contributed by atoms with Crippen LogP contribution in [0.15, 0.2) is 22.8 Å². The summed E-state index contributed by atoms with van der Waals surface area (Å²) in [6.45, 7) is 2.15. The van der Waals surface area contributed by atoms with Crippen molar-refractivity contribution in [3.05, 3.63) is 24.2 Å².